The lowest BCUT2D eigenvalue weighted by atomic mass is 10.0. The van der Waals surface area contributed by atoms with Crippen molar-refractivity contribution >= 4 is 0 Å². The maximum Gasteiger partial charge on any atom is 0.0737 e. The molecule has 0 aliphatic carbocycles. The summed E-state index contributed by atoms with van der Waals surface area (Å²) in [4.78, 5) is 0. The van der Waals surface area contributed by atoms with Gasteiger partial charge in [0.1, 0.15) is 0 Å². The summed E-state index contributed by atoms with van der Waals surface area (Å²) < 4.78 is 5.36. The molecule has 0 amide bonds. The highest BCUT2D eigenvalue weighted by atomic mass is 16.5. The van der Waals surface area contributed by atoms with Gasteiger partial charge in [0.15, 0.2) is 0 Å². The van der Waals surface area contributed by atoms with Gasteiger partial charge in [-0.2, -0.15) is 0 Å². The number of benzene rings is 1. The molecule has 0 aliphatic rings. The van der Waals surface area contributed by atoms with Crippen LogP contribution in [0.4, 0.5) is 0 Å². The van der Waals surface area contributed by atoms with Crippen molar-refractivity contribution in [1.29, 1.82) is 0 Å². The van der Waals surface area contributed by atoms with Crippen molar-refractivity contribution in [2.75, 3.05) is 13.7 Å². The first-order valence-electron chi connectivity index (χ1n) is 5.10. The predicted octanol–water partition coefficient (Wildman–Crippen LogP) is 2.37. The molecule has 0 bridgehead atoms. The van der Waals surface area contributed by atoms with E-state index in [0.29, 0.717) is 0 Å². The molecule has 14 heavy (non-hydrogen) atoms. The molecule has 2 heteroatoms. The zero-order chi connectivity index (χ0) is 10.4. The Morgan fingerprint density at radius 1 is 1.29 bits per heavy atom. The summed E-state index contributed by atoms with van der Waals surface area (Å²) in [6.07, 6.45) is 0.192. The van der Waals surface area contributed by atoms with Crippen molar-refractivity contribution in [2.45, 2.75) is 26.0 Å². The van der Waals surface area contributed by atoms with E-state index < -0.39 is 0 Å². The molecule has 1 rings (SSSR count). The van der Waals surface area contributed by atoms with Crippen molar-refractivity contribution in [2.24, 2.45) is 0 Å². The minimum absolute atomic E-state index is 0.192. The monoisotopic (exact) mass is 193 g/mol. The van der Waals surface area contributed by atoms with Gasteiger partial charge in [-0.15, -0.1) is 0 Å². The van der Waals surface area contributed by atoms with Gasteiger partial charge in [0.05, 0.1) is 12.1 Å². The molecule has 0 spiro atoms. The molecule has 2 unspecified atom stereocenters. The summed E-state index contributed by atoms with van der Waals surface area (Å²) in [5.41, 5.74) is 1.28. The van der Waals surface area contributed by atoms with Gasteiger partial charge < -0.3 is 10.1 Å². The Labute approximate surface area is 86.3 Å². The molecule has 0 aromatic heterocycles. The molecule has 1 N–H and O–H groups in total. The van der Waals surface area contributed by atoms with Crippen LogP contribution >= 0.6 is 0 Å². The summed E-state index contributed by atoms with van der Waals surface area (Å²) in [5.74, 6) is 0. The SMILES string of the molecule is CCNC(c1ccccc1)C(C)OC. The first kappa shape index (κ1) is 11.2. The third kappa shape index (κ3) is 2.82. The molecule has 78 valence electrons. The third-order valence-corrected chi connectivity index (χ3v) is 2.42. The standard InChI is InChI=1S/C12H19NO/c1-4-13-12(10(2)14-3)11-8-6-5-7-9-11/h5-10,12-13H,4H2,1-3H3. The number of nitrogens with one attached hydrogen (secondary N) is 1. The van der Waals surface area contributed by atoms with Crippen LogP contribution < -0.4 is 5.32 Å². The van der Waals surface area contributed by atoms with E-state index in [4.69, 9.17) is 4.74 Å². The first-order valence-corrected chi connectivity index (χ1v) is 5.10. The maximum atomic E-state index is 5.36. The molecule has 2 atom stereocenters. The molecule has 0 aliphatic heterocycles. The lowest BCUT2D eigenvalue weighted by molar-refractivity contribution is 0.0836. The fourth-order valence-corrected chi connectivity index (χ4v) is 1.57. The van der Waals surface area contributed by atoms with Crippen molar-refractivity contribution < 1.29 is 4.74 Å². The van der Waals surface area contributed by atoms with E-state index in [1.54, 1.807) is 7.11 Å². The number of ether oxygens (including phenoxy) is 1. The van der Waals surface area contributed by atoms with Gasteiger partial charge in [-0.25, -0.2) is 0 Å². The van der Waals surface area contributed by atoms with Crippen LogP contribution in [0.25, 0.3) is 0 Å². The maximum absolute atomic E-state index is 5.36. The van der Waals surface area contributed by atoms with Gasteiger partial charge in [0.2, 0.25) is 0 Å². The normalized spacial score (nSPS) is 15.1. The number of rotatable bonds is 5. The highest BCUT2D eigenvalue weighted by Gasteiger charge is 2.16. The van der Waals surface area contributed by atoms with Gasteiger partial charge in [0, 0.05) is 7.11 Å². The van der Waals surface area contributed by atoms with E-state index >= 15 is 0 Å². The lowest BCUT2D eigenvalue weighted by Crippen LogP contribution is -2.31. The number of methoxy groups -OCH3 is 1. The Morgan fingerprint density at radius 2 is 1.93 bits per heavy atom. The molecular weight excluding hydrogens is 174 g/mol. The van der Waals surface area contributed by atoms with Gasteiger partial charge in [0.25, 0.3) is 0 Å². The zero-order valence-corrected chi connectivity index (χ0v) is 9.16. The second-order valence-electron chi connectivity index (χ2n) is 3.39. The Bertz CT molecular complexity index is 248. The van der Waals surface area contributed by atoms with Crippen molar-refractivity contribution in [3.63, 3.8) is 0 Å². The van der Waals surface area contributed by atoms with E-state index in [9.17, 15) is 0 Å². The fourth-order valence-electron chi connectivity index (χ4n) is 1.57. The summed E-state index contributed by atoms with van der Waals surface area (Å²) in [7, 11) is 1.75. The van der Waals surface area contributed by atoms with Crippen molar-refractivity contribution in [3.05, 3.63) is 35.9 Å². The van der Waals surface area contributed by atoms with Gasteiger partial charge >= 0.3 is 0 Å². The molecule has 2 nitrogen and oxygen atoms in total. The summed E-state index contributed by atoms with van der Waals surface area (Å²) in [6, 6.07) is 10.7. The summed E-state index contributed by atoms with van der Waals surface area (Å²) >= 11 is 0. The van der Waals surface area contributed by atoms with Crippen LogP contribution in [0.1, 0.15) is 25.5 Å². The molecule has 0 heterocycles. The highest BCUT2D eigenvalue weighted by molar-refractivity contribution is 5.19. The van der Waals surface area contributed by atoms with Gasteiger partial charge in [-0.05, 0) is 19.0 Å². The van der Waals surface area contributed by atoms with Crippen molar-refractivity contribution in [1.82, 2.24) is 5.32 Å². The van der Waals surface area contributed by atoms with E-state index in [1.165, 1.54) is 5.56 Å². The predicted molar refractivity (Wildman–Crippen MR) is 59.3 cm³/mol. The van der Waals surface area contributed by atoms with Crippen LogP contribution in [-0.2, 0) is 4.74 Å². The quantitative estimate of drug-likeness (QED) is 0.775. The topological polar surface area (TPSA) is 21.3 Å². The minimum atomic E-state index is 0.192. The van der Waals surface area contributed by atoms with E-state index in [-0.39, 0.29) is 12.1 Å². The van der Waals surface area contributed by atoms with E-state index in [1.807, 2.05) is 6.07 Å². The minimum Gasteiger partial charge on any atom is -0.380 e. The van der Waals surface area contributed by atoms with Crippen LogP contribution in [0.3, 0.4) is 0 Å². The van der Waals surface area contributed by atoms with Gasteiger partial charge in [-0.3, -0.25) is 0 Å². The fraction of sp³-hybridized carbons (Fsp3) is 0.500. The average Bonchev–Trinajstić information content (AvgIpc) is 2.26. The highest BCUT2D eigenvalue weighted by Crippen LogP contribution is 2.17. The van der Waals surface area contributed by atoms with E-state index in [0.717, 1.165) is 6.54 Å². The van der Waals surface area contributed by atoms with Crippen LogP contribution in [0.5, 0.6) is 0 Å². The molecular formula is C12H19NO. The van der Waals surface area contributed by atoms with E-state index in [2.05, 4.69) is 43.4 Å². The summed E-state index contributed by atoms with van der Waals surface area (Å²) in [5, 5.41) is 3.42. The molecule has 0 saturated heterocycles. The molecule has 0 fully saturated rings. The first-order chi connectivity index (χ1) is 6.79. The molecule has 0 radical (unpaired) electrons. The second-order valence-corrected chi connectivity index (χ2v) is 3.39. The van der Waals surface area contributed by atoms with Crippen LogP contribution in [0.15, 0.2) is 30.3 Å². The number of hydrogen-bond acceptors (Lipinski definition) is 2. The summed E-state index contributed by atoms with van der Waals surface area (Å²) in [6.45, 7) is 5.14. The van der Waals surface area contributed by atoms with Crippen LogP contribution in [0, 0.1) is 0 Å². The molecule has 0 saturated carbocycles. The Kier molecular flexibility index (Phi) is 4.63. The smallest absolute Gasteiger partial charge is 0.0737 e. The molecule has 1 aromatic carbocycles. The zero-order valence-electron chi connectivity index (χ0n) is 9.16. The third-order valence-electron chi connectivity index (χ3n) is 2.42. The largest absolute Gasteiger partial charge is 0.380 e. The Balaban J connectivity index is 2.77. The Hall–Kier alpha value is -0.860. The van der Waals surface area contributed by atoms with Crippen LogP contribution in [-0.4, -0.2) is 19.8 Å². The number of hydrogen-bond donors (Lipinski definition) is 1. The second kappa shape index (κ2) is 5.78. The Morgan fingerprint density at radius 3 is 2.43 bits per heavy atom. The van der Waals surface area contributed by atoms with Gasteiger partial charge in [-0.1, -0.05) is 37.3 Å². The average molecular weight is 193 g/mol. The molecule has 1 aromatic rings. The van der Waals surface area contributed by atoms with Crippen LogP contribution in [0.2, 0.25) is 0 Å². The number of likely N-dealkylation sites (N-methyl/N-ethyl adjacent to an activating group) is 1. The van der Waals surface area contributed by atoms with Crippen molar-refractivity contribution in [3.8, 4) is 0 Å². The lowest BCUT2D eigenvalue weighted by Gasteiger charge is -2.24.